The summed E-state index contributed by atoms with van der Waals surface area (Å²) in [6.07, 6.45) is 0. The molecule has 9 nitrogen and oxygen atoms in total. The number of methoxy groups -OCH3 is 3. The summed E-state index contributed by atoms with van der Waals surface area (Å²) in [4.78, 5) is 30.4. The molecular formula is C26H32N4O5. The van der Waals surface area contributed by atoms with Gasteiger partial charge in [-0.05, 0) is 26.0 Å². The van der Waals surface area contributed by atoms with Gasteiger partial charge in [0.15, 0.2) is 17.2 Å². The third-order valence-electron chi connectivity index (χ3n) is 6.36. The van der Waals surface area contributed by atoms with Crippen LogP contribution in [-0.4, -0.2) is 73.0 Å². The van der Waals surface area contributed by atoms with Crippen LogP contribution in [0.4, 0.5) is 0 Å². The van der Waals surface area contributed by atoms with Crippen molar-refractivity contribution in [2.45, 2.75) is 26.4 Å². The molecule has 0 bridgehead atoms. The molecule has 0 N–H and O–H groups in total. The van der Waals surface area contributed by atoms with Crippen molar-refractivity contribution in [3.63, 3.8) is 0 Å². The average molecular weight is 481 g/mol. The van der Waals surface area contributed by atoms with Gasteiger partial charge in [-0.1, -0.05) is 24.3 Å². The zero-order valence-electron chi connectivity index (χ0n) is 20.9. The van der Waals surface area contributed by atoms with Crippen molar-refractivity contribution in [3.8, 4) is 17.2 Å². The predicted molar refractivity (Wildman–Crippen MR) is 134 cm³/mol. The van der Waals surface area contributed by atoms with Crippen LogP contribution < -0.4 is 19.8 Å². The Bertz CT molecular complexity index is 1280. The number of piperazine rings is 1. The molecule has 0 aliphatic carbocycles. The first kappa shape index (κ1) is 24.5. The van der Waals surface area contributed by atoms with E-state index in [9.17, 15) is 9.59 Å². The highest BCUT2D eigenvalue weighted by Crippen LogP contribution is 2.40. The Balaban J connectivity index is 1.52. The lowest BCUT2D eigenvalue weighted by Crippen LogP contribution is -2.48. The lowest BCUT2D eigenvalue weighted by atomic mass is 10.1. The maximum atomic E-state index is 13.5. The van der Waals surface area contributed by atoms with Gasteiger partial charge in [-0.2, -0.15) is 5.10 Å². The molecule has 0 radical (unpaired) electrons. The van der Waals surface area contributed by atoms with Crippen LogP contribution in [0.15, 0.2) is 41.2 Å². The molecule has 0 spiro atoms. The zero-order chi connectivity index (χ0) is 25.1. The van der Waals surface area contributed by atoms with Crippen LogP contribution >= 0.6 is 0 Å². The number of hydrogen-bond donors (Lipinski definition) is 0. The van der Waals surface area contributed by atoms with Crippen molar-refractivity contribution in [1.29, 1.82) is 0 Å². The minimum absolute atomic E-state index is 0.146. The molecular weight excluding hydrogens is 448 g/mol. The molecule has 35 heavy (non-hydrogen) atoms. The zero-order valence-corrected chi connectivity index (χ0v) is 20.9. The molecule has 0 unspecified atom stereocenters. The van der Waals surface area contributed by atoms with Crippen LogP contribution in [0.1, 0.15) is 35.9 Å². The van der Waals surface area contributed by atoms with E-state index in [1.807, 2.05) is 43.0 Å². The number of fused-ring (bicyclic) bond motifs is 1. The Hall–Kier alpha value is -3.59. The number of benzene rings is 2. The highest BCUT2D eigenvalue weighted by atomic mass is 16.5. The second-order valence-electron chi connectivity index (χ2n) is 8.80. The topological polar surface area (TPSA) is 86.1 Å². The minimum atomic E-state index is -0.180. The number of rotatable bonds is 7. The van der Waals surface area contributed by atoms with Crippen molar-refractivity contribution in [2.75, 3.05) is 47.5 Å². The molecule has 186 valence electrons. The van der Waals surface area contributed by atoms with Crippen LogP contribution in [0.3, 0.4) is 0 Å². The van der Waals surface area contributed by atoms with Crippen LogP contribution in [0, 0.1) is 0 Å². The fourth-order valence-electron chi connectivity index (χ4n) is 4.50. The lowest BCUT2D eigenvalue weighted by molar-refractivity contribution is 0.0621. The Morgan fingerprint density at radius 1 is 0.914 bits per heavy atom. The first-order chi connectivity index (χ1) is 16.9. The summed E-state index contributed by atoms with van der Waals surface area (Å²) in [5.41, 5.74) is 1.13. The number of carbonyl (C=O) groups excluding carboxylic acids is 1. The van der Waals surface area contributed by atoms with E-state index in [0.29, 0.717) is 66.4 Å². The third-order valence-corrected chi connectivity index (χ3v) is 6.36. The number of ether oxygens (including phenoxy) is 3. The van der Waals surface area contributed by atoms with Gasteiger partial charge < -0.3 is 19.1 Å². The Kier molecular flexibility index (Phi) is 7.25. The second kappa shape index (κ2) is 10.4. The van der Waals surface area contributed by atoms with Gasteiger partial charge in [0, 0.05) is 43.7 Å². The smallest absolute Gasteiger partial charge is 0.275 e. The molecule has 2 heterocycles. The van der Waals surface area contributed by atoms with Crippen molar-refractivity contribution in [2.24, 2.45) is 0 Å². The molecule has 0 saturated carbocycles. The SMILES string of the molecule is COc1ccc(CN2CCN(C(=O)c3nn(C(C)C)c(=O)c4ccccc34)CC2)c(OC)c1OC. The van der Waals surface area contributed by atoms with E-state index < -0.39 is 0 Å². The monoisotopic (exact) mass is 480 g/mol. The van der Waals surface area contributed by atoms with Gasteiger partial charge in [0.05, 0.1) is 32.8 Å². The van der Waals surface area contributed by atoms with E-state index in [0.717, 1.165) is 5.56 Å². The predicted octanol–water partition coefficient (Wildman–Crippen LogP) is 2.96. The van der Waals surface area contributed by atoms with Gasteiger partial charge in [-0.15, -0.1) is 0 Å². The molecule has 3 aromatic rings. The van der Waals surface area contributed by atoms with Gasteiger partial charge in [-0.25, -0.2) is 4.68 Å². The fourth-order valence-corrected chi connectivity index (χ4v) is 4.50. The third kappa shape index (κ3) is 4.68. The summed E-state index contributed by atoms with van der Waals surface area (Å²) in [5.74, 6) is 1.68. The first-order valence-electron chi connectivity index (χ1n) is 11.7. The van der Waals surface area contributed by atoms with Crippen LogP contribution in [-0.2, 0) is 6.54 Å². The van der Waals surface area contributed by atoms with E-state index in [2.05, 4.69) is 10.00 Å². The van der Waals surface area contributed by atoms with Crippen molar-refractivity contribution >= 4 is 16.7 Å². The minimum Gasteiger partial charge on any atom is -0.493 e. The molecule has 1 aromatic heterocycles. The van der Waals surface area contributed by atoms with Crippen LogP contribution in [0.25, 0.3) is 10.8 Å². The maximum absolute atomic E-state index is 13.5. The van der Waals surface area contributed by atoms with Gasteiger partial charge in [0.1, 0.15) is 0 Å². The summed E-state index contributed by atoms with van der Waals surface area (Å²) < 4.78 is 17.9. The first-order valence-corrected chi connectivity index (χ1v) is 11.7. The molecule has 2 aromatic carbocycles. The molecule has 1 aliphatic heterocycles. The van der Waals surface area contributed by atoms with E-state index in [-0.39, 0.29) is 17.5 Å². The molecule has 1 amide bonds. The standard InChI is InChI=1S/C26H32N4O5/c1-17(2)30-25(31)20-9-7-6-8-19(20)22(27-30)26(32)29-14-12-28(13-15-29)16-18-10-11-21(33-3)24(35-5)23(18)34-4/h6-11,17H,12-16H2,1-5H3. The summed E-state index contributed by atoms with van der Waals surface area (Å²) in [6.45, 7) is 6.95. The summed E-state index contributed by atoms with van der Waals surface area (Å²) >= 11 is 0. The quantitative estimate of drug-likeness (QED) is 0.514. The second-order valence-corrected chi connectivity index (χ2v) is 8.80. The Labute approximate surface area is 204 Å². The van der Waals surface area contributed by atoms with Crippen molar-refractivity contribution in [1.82, 2.24) is 19.6 Å². The summed E-state index contributed by atoms with van der Waals surface area (Å²) in [6, 6.07) is 10.9. The normalized spacial score (nSPS) is 14.4. The lowest BCUT2D eigenvalue weighted by Gasteiger charge is -2.35. The van der Waals surface area contributed by atoms with Gasteiger partial charge >= 0.3 is 0 Å². The number of carbonyl (C=O) groups is 1. The number of hydrogen-bond acceptors (Lipinski definition) is 7. The maximum Gasteiger partial charge on any atom is 0.275 e. The molecule has 4 rings (SSSR count). The fraction of sp³-hybridized carbons (Fsp3) is 0.423. The summed E-state index contributed by atoms with van der Waals surface area (Å²) in [5, 5.41) is 5.58. The molecule has 1 aliphatic rings. The van der Waals surface area contributed by atoms with Gasteiger partial charge in [-0.3, -0.25) is 14.5 Å². The van der Waals surface area contributed by atoms with Gasteiger partial charge in [0.25, 0.3) is 11.5 Å². The van der Waals surface area contributed by atoms with Crippen molar-refractivity contribution < 1.29 is 19.0 Å². The molecule has 1 saturated heterocycles. The van der Waals surface area contributed by atoms with E-state index in [4.69, 9.17) is 14.2 Å². The van der Waals surface area contributed by atoms with Crippen LogP contribution in [0.5, 0.6) is 17.2 Å². The largest absolute Gasteiger partial charge is 0.493 e. The highest BCUT2D eigenvalue weighted by Gasteiger charge is 2.27. The van der Waals surface area contributed by atoms with Gasteiger partial charge in [0.2, 0.25) is 5.75 Å². The Morgan fingerprint density at radius 3 is 2.17 bits per heavy atom. The molecule has 0 atom stereocenters. The highest BCUT2D eigenvalue weighted by molar-refractivity contribution is 6.04. The average Bonchev–Trinajstić information content (AvgIpc) is 2.88. The van der Waals surface area contributed by atoms with E-state index in [1.54, 1.807) is 33.5 Å². The molecule has 1 fully saturated rings. The van der Waals surface area contributed by atoms with Crippen LogP contribution in [0.2, 0.25) is 0 Å². The molecule has 9 heteroatoms. The van der Waals surface area contributed by atoms with Crippen molar-refractivity contribution in [3.05, 3.63) is 58.0 Å². The van der Waals surface area contributed by atoms with E-state index in [1.165, 1.54) is 4.68 Å². The summed E-state index contributed by atoms with van der Waals surface area (Å²) in [7, 11) is 4.80. The number of amides is 1. The van der Waals surface area contributed by atoms with E-state index >= 15 is 0 Å². The Morgan fingerprint density at radius 2 is 1.57 bits per heavy atom. The number of nitrogens with zero attached hydrogens (tertiary/aromatic N) is 4. The number of aromatic nitrogens is 2.